The maximum absolute atomic E-state index is 12.0. The van der Waals surface area contributed by atoms with E-state index < -0.39 is 17.7 Å². The molecule has 1 fully saturated rings. The van der Waals surface area contributed by atoms with Crippen LogP contribution in [0.3, 0.4) is 0 Å². The van der Waals surface area contributed by atoms with Crippen LogP contribution in [0.4, 0.5) is 4.79 Å². The molecule has 0 aromatic carbocycles. The van der Waals surface area contributed by atoms with Gasteiger partial charge in [0.1, 0.15) is 17.7 Å². The van der Waals surface area contributed by atoms with Crippen molar-refractivity contribution in [1.29, 1.82) is 0 Å². The number of hydrogen-bond donors (Lipinski definition) is 1. The summed E-state index contributed by atoms with van der Waals surface area (Å²) in [7, 11) is 0. The summed E-state index contributed by atoms with van der Waals surface area (Å²) >= 11 is 0. The van der Waals surface area contributed by atoms with Crippen LogP contribution in [-0.2, 0) is 14.3 Å². The van der Waals surface area contributed by atoms with Gasteiger partial charge in [-0.15, -0.1) is 6.58 Å². The quantitative estimate of drug-likeness (QED) is 0.636. The molecular formula is C15H25NO4. The summed E-state index contributed by atoms with van der Waals surface area (Å²) in [6, 6.07) is -0.634. The fraction of sp³-hybridized carbons (Fsp3) is 0.733. The predicted octanol–water partition coefficient (Wildman–Crippen LogP) is 2.80. The van der Waals surface area contributed by atoms with E-state index in [-0.39, 0.29) is 18.0 Å². The third-order valence-electron chi connectivity index (χ3n) is 3.11. The number of nitrogens with one attached hydrogen (secondary N) is 1. The molecule has 1 amide bonds. The molecule has 5 heteroatoms. The van der Waals surface area contributed by atoms with Crippen LogP contribution in [0.15, 0.2) is 12.7 Å². The van der Waals surface area contributed by atoms with Crippen LogP contribution < -0.4 is 5.32 Å². The number of alkyl carbamates (subject to hydrolysis) is 1. The van der Waals surface area contributed by atoms with Crippen molar-refractivity contribution in [3.8, 4) is 0 Å². The van der Waals surface area contributed by atoms with Gasteiger partial charge in [0.05, 0.1) is 0 Å². The Morgan fingerprint density at radius 1 is 1.55 bits per heavy atom. The Morgan fingerprint density at radius 2 is 2.20 bits per heavy atom. The highest BCUT2D eigenvalue weighted by atomic mass is 16.6. The average molecular weight is 283 g/mol. The molecule has 3 atom stereocenters. The molecule has 1 aliphatic heterocycles. The van der Waals surface area contributed by atoms with E-state index in [2.05, 4.69) is 11.9 Å². The summed E-state index contributed by atoms with van der Waals surface area (Å²) in [5, 5.41) is 2.60. The zero-order chi connectivity index (χ0) is 15.3. The number of hydrogen-bond acceptors (Lipinski definition) is 4. The highest BCUT2D eigenvalue weighted by Crippen LogP contribution is 2.24. The van der Waals surface area contributed by atoms with E-state index in [0.717, 1.165) is 19.3 Å². The lowest BCUT2D eigenvalue weighted by Gasteiger charge is -2.33. The SMILES string of the molecule is C=CCCC1C[C@@H](C)C(NC(=O)OC(C)(C)C)C(=O)O1. The molecule has 1 N–H and O–H groups in total. The van der Waals surface area contributed by atoms with E-state index in [1.165, 1.54) is 0 Å². The molecule has 114 valence electrons. The van der Waals surface area contributed by atoms with Crippen molar-refractivity contribution in [2.24, 2.45) is 5.92 Å². The van der Waals surface area contributed by atoms with Gasteiger partial charge in [-0.2, -0.15) is 0 Å². The molecule has 0 aromatic heterocycles. The highest BCUT2D eigenvalue weighted by molar-refractivity contribution is 5.82. The van der Waals surface area contributed by atoms with Gasteiger partial charge < -0.3 is 14.8 Å². The van der Waals surface area contributed by atoms with Crippen molar-refractivity contribution in [2.75, 3.05) is 0 Å². The van der Waals surface area contributed by atoms with Gasteiger partial charge in [0.2, 0.25) is 0 Å². The lowest BCUT2D eigenvalue weighted by Crippen LogP contribution is -2.52. The average Bonchev–Trinajstić information content (AvgIpc) is 2.29. The van der Waals surface area contributed by atoms with E-state index in [1.54, 1.807) is 20.8 Å². The van der Waals surface area contributed by atoms with Gasteiger partial charge in [0, 0.05) is 0 Å². The van der Waals surface area contributed by atoms with Crippen LogP contribution >= 0.6 is 0 Å². The summed E-state index contributed by atoms with van der Waals surface area (Å²) in [5.74, 6) is -0.359. The number of esters is 1. The second-order valence-electron chi connectivity index (χ2n) is 6.26. The second-order valence-corrected chi connectivity index (χ2v) is 6.26. The third-order valence-corrected chi connectivity index (χ3v) is 3.11. The van der Waals surface area contributed by atoms with E-state index in [0.29, 0.717) is 0 Å². The maximum Gasteiger partial charge on any atom is 0.408 e. The molecule has 0 aliphatic carbocycles. The first-order valence-electron chi connectivity index (χ1n) is 7.04. The van der Waals surface area contributed by atoms with Crippen LogP contribution in [0.1, 0.15) is 47.0 Å². The Hall–Kier alpha value is -1.52. The largest absolute Gasteiger partial charge is 0.461 e. The number of allylic oxidation sites excluding steroid dienone is 1. The molecule has 1 aliphatic rings. The smallest absolute Gasteiger partial charge is 0.408 e. The van der Waals surface area contributed by atoms with Crippen molar-refractivity contribution >= 4 is 12.1 Å². The summed E-state index contributed by atoms with van der Waals surface area (Å²) < 4.78 is 10.5. The van der Waals surface area contributed by atoms with Crippen molar-refractivity contribution < 1.29 is 19.1 Å². The Kier molecular flexibility index (Phi) is 5.60. The first-order chi connectivity index (χ1) is 9.23. The van der Waals surface area contributed by atoms with Crippen LogP contribution in [-0.4, -0.2) is 29.8 Å². The van der Waals surface area contributed by atoms with E-state index in [9.17, 15) is 9.59 Å². The van der Waals surface area contributed by atoms with Gasteiger partial charge in [0.15, 0.2) is 0 Å². The third kappa shape index (κ3) is 5.23. The fourth-order valence-electron chi connectivity index (χ4n) is 2.18. The monoisotopic (exact) mass is 283 g/mol. The molecule has 1 saturated heterocycles. The van der Waals surface area contributed by atoms with Gasteiger partial charge in [-0.25, -0.2) is 9.59 Å². The molecule has 0 bridgehead atoms. The van der Waals surface area contributed by atoms with Crippen molar-refractivity contribution in [1.82, 2.24) is 5.32 Å². The number of cyclic esters (lactones) is 1. The van der Waals surface area contributed by atoms with E-state index in [1.807, 2.05) is 13.0 Å². The molecule has 1 heterocycles. The first-order valence-corrected chi connectivity index (χ1v) is 7.04. The minimum absolute atomic E-state index is 0.0265. The van der Waals surface area contributed by atoms with E-state index in [4.69, 9.17) is 9.47 Å². The predicted molar refractivity (Wildman–Crippen MR) is 76.2 cm³/mol. The molecule has 0 aromatic rings. The summed E-state index contributed by atoms with van der Waals surface area (Å²) in [4.78, 5) is 23.7. The van der Waals surface area contributed by atoms with E-state index >= 15 is 0 Å². The Balaban J connectivity index is 2.54. The number of carbonyl (C=O) groups excluding carboxylic acids is 2. The molecule has 0 radical (unpaired) electrons. The Labute approximate surface area is 120 Å². The minimum atomic E-state index is -0.634. The van der Waals surface area contributed by atoms with Gasteiger partial charge in [0.25, 0.3) is 0 Å². The van der Waals surface area contributed by atoms with Gasteiger partial charge in [-0.05, 0) is 46.0 Å². The molecule has 5 nitrogen and oxygen atoms in total. The second kappa shape index (κ2) is 6.77. The molecule has 0 saturated carbocycles. The molecule has 0 spiro atoms. The van der Waals surface area contributed by atoms with Gasteiger partial charge >= 0.3 is 12.1 Å². The topological polar surface area (TPSA) is 64.6 Å². The van der Waals surface area contributed by atoms with Gasteiger partial charge in [-0.1, -0.05) is 13.0 Å². The van der Waals surface area contributed by atoms with Crippen LogP contribution in [0, 0.1) is 5.92 Å². The lowest BCUT2D eigenvalue weighted by molar-refractivity contribution is -0.160. The van der Waals surface area contributed by atoms with Gasteiger partial charge in [-0.3, -0.25) is 0 Å². The Bertz CT molecular complexity index is 373. The van der Waals surface area contributed by atoms with Crippen LogP contribution in [0.5, 0.6) is 0 Å². The fourth-order valence-corrected chi connectivity index (χ4v) is 2.18. The zero-order valence-corrected chi connectivity index (χ0v) is 12.8. The first kappa shape index (κ1) is 16.5. The summed E-state index contributed by atoms with van der Waals surface area (Å²) in [6.45, 7) is 10.9. The maximum atomic E-state index is 12.0. The minimum Gasteiger partial charge on any atom is -0.461 e. The van der Waals surface area contributed by atoms with Crippen molar-refractivity contribution in [2.45, 2.75) is 64.7 Å². The highest BCUT2D eigenvalue weighted by Gasteiger charge is 2.37. The van der Waals surface area contributed by atoms with Crippen LogP contribution in [0.2, 0.25) is 0 Å². The number of rotatable bonds is 4. The zero-order valence-electron chi connectivity index (χ0n) is 12.8. The number of ether oxygens (including phenoxy) is 2. The standard InChI is InChI=1S/C15H25NO4/c1-6-7-8-11-9-10(2)12(13(17)19-11)16-14(18)20-15(3,4)5/h6,10-12H,1,7-9H2,2-5H3,(H,16,18)/t10-,11?,12?/m1/s1. The van der Waals surface area contributed by atoms with Crippen LogP contribution in [0.25, 0.3) is 0 Å². The van der Waals surface area contributed by atoms with Crippen molar-refractivity contribution in [3.05, 3.63) is 12.7 Å². The summed E-state index contributed by atoms with van der Waals surface area (Å²) in [6.07, 6.45) is 3.46. The number of amides is 1. The normalized spacial score (nSPS) is 26.6. The lowest BCUT2D eigenvalue weighted by atomic mass is 9.90. The molecule has 2 unspecified atom stereocenters. The molecule has 20 heavy (non-hydrogen) atoms. The molecular weight excluding hydrogens is 258 g/mol. The van der Waals surface area contributed by atoms with Crippen molar-refractivity contribution in [3.63, 3.8) is 0 Å². The Morgan fingerprint density at radius 3 is 2.70 bits per heavy atom. The number of carbonyl (C=O) groups is 2. The summed E-state index contributed by atoms with van der Waals surface area (Å²) in [5.41, 5.74) is -0.585. The molecule has 1 rings (SSSR count).